The lowest BCUT2D eigenvalue weighted by Gasteiger charge is -2.30. The fourth-order valence-electron chi connectivity index (χ4n) is 4.60. The summed E-state index contributed by atoms with van der Waals surface area (Å²) >= 11 is 1.62. The SMILES string of the molecule is CNc1c(-c2ccc(Nc3nc(C)cs3)cc2)n(C2CCC2)c2cc(Oc3ncccn3)ccc12. The van der Waals surface area contributed by atoms with Crippen LogP contribution in [0.2, 0.25) is 0 Å². The van der Waals surface area contributed by atoms with Gasteiger partial charge in [0, 0.05) is 53.6 Å². The number of ether oxygens (including phenoxy) is 1. The third kappa shape index (κ3) is 4.10. The second-order valence-electron chi connectivity index (χ2n) is 8.74. The minimum atomic E-state index is 0.348. The van der Waals surface area contributed by atoms with Crippen LogP contribution in [0.25, 0.3) is 22.2 Å². The molecule has 35 heavy (non-hydrogen) atoms. The number of benzene rings is 2. The van der Waals surface area contributed by atoms with Gasteiger partial charge in [0.25, 0.3) is 0 Å². The molecule has 1 fully saturated rings. The van der Waals surface area contributed by atoms with Gasteiger partial charge in [0.1, 0.15) is 5.75 Å². The van der Waals surface area contributed by atoms with E-state index in [0.29, 0.717) is 12.1 Å². The molecule has 8 heteroatoms. The van der Waals surface area contributed by atoms with Crippen molar-refractivity contribution in [1.82, 2.24) is 19.5 Å². The lowest BCUT2D eigenvalue weighted by Crippen LogP contribution is -2.17. The van der Waals surface area contributed by atoms with Gasteiger partial charge in [-0.1, -0.05) is 12.1 Å². The molecule has 0 saturated heterocycles. The molecule has 0 amide bonds. The summed E-state index contributed by atoms with van der Waals surface area (Å²) in [6, 6.07) is 17.4. The molecule has 1 aliphatic rings. The van der Waals surface area contributed by atoms with Crippen LogP contribution in [-0.2, 0) is 0 Å². The maximum absolute atomic E-state index is 5.97. The summed E-state index contributed by atoms with van der Waals surface area (Å²) in [5, 5.41) is 11.0. The van der Waals surface area contributed by atoms with Gasteiger partial charge in [0.05, 0.1) is 22.6 Å². The fourth-order valence-corrected chi connectivity index (χ4v) is 5.31. The highest BCUT2D eigenvalue weighted by atomic mass is 32.1. The highest BCUT2D eigenvalue weighted by Gasteiger charge is 2.27. The first-order chi connectivity index (χ1) is 17.2. The molecule has 0 atom stereocenters. The van der Waals surface area contributed by atoms with E-state index in [0.717, 1.165) is 33.5 Å². The van der Waals surface area contributed by atoms with Crippen molar-refractivity contribution in [3.05, 3.63) is 72.0 Å². The number of thiazole rings is 1. The summed E-state index contributed by atoms with van der Waals surface area (Å²) in [4.78, 5) is 12.9. The number of fused-ring (bicyclic) bond motifs is 1. The smallest absolute Gasteiger partial charge is 0.321 e. The van der Waals surface area contributed by atoms with Crippen LogP contribution in [0.3, 0.4) is 0 Å². The van der Waals surface area contributed by atoms with Crippen LogP contribution >= 0.6 is 11.3 Å². The van der Waals surface area contributed by atoms with E-state index in [1.54, 1.807) is 29.8 Å². The van der Waals surface area contributed by atoms with Crippen LogP contribution in [0.15, 0.2) is 66.3 Å². The first-order valence-electron chi connectivity index (χ1n) is 11.8. The van der Waals surface area contributed by atoms with Crippen molar-refractivity contribution < 1.29 is 4.74 Å². The molecule has 0 radical (unpaired) electrons. The Kier molecular flexibility index (Phi) is 5.58. The van der Waals surface area contributed by atoms with E-state index in [-0.39, 0.29) is 0 Å². The largest absolute Gasteiger partial charge is 0.424 e. The molecule has 1 aliphatic carbocycles. The second kappa shape index (κ2) is 9.03. The minimum Gasteiger partial charge on any atom is -0.424 e. The van der Waals surface area contributed by atoms with Crippen LogP contribution in [0.5, 0.6) is 11.8 Å². The van der Waals surface area contributed by atoms with E-state index in [4.69, 9.17) is 4.74 Å². The van der Waals surface area contributed by atoms with E-state index in [9.17, 15) is 0 Å². The Balaban J connectivity index is 1.42. The maximum atomic E-state index is 5.97. The van der Waals surface area contributed by atoms with Gasteiger partial charge in [0.2, 0.25) is 0 Å². The second-order valence-corrected chi connectivity index (χ2v) is 9.60. The van der Waals surface area contributed by atoms with Crippen LogP contribution in [0, 0.1) is 6.92 Å². The van der Waals surface area contributed by atoms with Crippen molar-refractivity contribution in [1.29, 1.82) is 0 Å². The molecule has 6 rings (SSSR count). The first-order valence-corrected chi connectivity index (χ1v) is 12.7. The molecular weight excluding hydrogens is 456 g/mol. The Morgan fingerprint density at radius 1 is 1.06 bits per heavy atom. The summed E-state index contributed by atoms with van der Waals surface area (Å²) in [5.74, 6) is 0.731. The van der Waals surface area contributed by atoms with Gasteiger partial charge < -0.3 is 19.9 Å². The quantitative estimate of drug-likeness (QED) is 0.256. The van der Waals surface area contributed by atoms with Gasteiger partial charge in [-0.05, 0) is 56.5 Å². The van der Waals surface area contributed by atoms with Gasteiger partial charge in [-0.25, -0.2) is 15.0 Å². The summed E-state index contributed by atoms with van der Waals surface area (Å²) in [7, 11) is 1.99. The molecule has 2 aromatic carbocycles. The predicted molar refractivity (Wildman–Crippen MR) is 142 cm³/mol. The van der Waals surface area contributed by atoms with E-state index in [1.165, 1.54) is 35.9 Å². The standard InChI is InChI=1S/C27H26N6OS/c1-17-16-35-27(31-17)32-19-9-7-18(8-10-19)25-24(28-2)22-12-11-21(34-26-29-13-4-14-30-26)15-23(22)33(25)20-5-3-6-20/h4,7-16,20,28H,3,5-6H2,1-2H3,(H,31,32). The number of hydrogen-bond donors (Lipinski definition) is 2. The topological polar surface area (TPSA) is 76.9 Å². The zero-order valence-corrected chi connectivity index (χ0v) is 20.5. The van der Waals surface area contributed by atoms with E-state index >= 15 is 0 Å². The van der Waals surface area contributed by atoms with Gasteiger partial charge in [-0.3, -0.25) is 0 Å². The van der Waals surface area contributed by atoms with Crippen LogP contribution in [0.1, 0.15) is 31.0 Å². The van der Waals surface area contributed by atoms with Gasteiger partial charge in [-0.2, -0.15) is 0 Å². The third-order valence-corrected chi connectivity index (χ3v) is 7.32. The summed E-state index contributed by atoms with van der Waals surface area (Å²) in [6.07, 6.45) is 6.97. The molecule has 0 bridgehead atoms. The minimum absolute atomic E-state index is 0.348. The zero-order chi connectivity index (χ0) is 23.8. The number of hydrogen-bond acceptors (Lipinski definition) is 7. The van der Waals surface area contributed by atoms with Crippen molar-refractivity contribution in [3.63, 3.8) is 0 Å². The average molecular weight is 483 g/mol. The summed E-state index contributed by atoms with van der Waals surface area (Å²) in [5.41, 5.74) is 6.72. The van der Waals surface area contributed by atoms with Crippen molar-refractivity contribution in [3.8, 4) is 23.0 Å². The number of aryl methyl sites for hydroxylation is 1. The van der Waals surface area contributed by atoms with Gasteiger partial charge in [-0.15, -0.1) is 11.3 Å². The van der Waals surface area contributed by atoms with Gasteiger partial charge >= 0.3 is 6.01 Å². The number of nitrogens with zero attached hydrogens (tertiary/aromatic N) is 4. The molecule has 0 unspecified atom stereocenters. The van der Waals surface area contributed by atoms with E-state index in [2.05, 4.69) is 71.9 Å². The first kappa shape index (κ1) is 21.6. The maximum Gasteiger partial charge on any atom is 0.321 e. The Morgan fingerprint density at radius 3 is 2.51 bits per heavy atom. The highest BCUT2D eigenvalue weighted by molar-refractivity contribution is 7.13. The van der Waals surface area contributed by atoms with Crippen LogP contribution in [-0.4, -0.2) is 26.6 Å². The Bertz CT molecular complexity index is 1470. The Labute approximate surface area is 207 Å². The molecule has 5 aromatic rings. The van der Waals surface area contributed by atoms with Crippen molar-refractivity contribution >= 4 is 38.7 Å². The zero-order valence-electron chi connectivity index (χ0n) is 19.7. The van der Waals surface area contributed by atoms with Crippen molar-refractivity contribution in [2.75, 3.05) is 17.7 Å². The number of nitrogens with one attached hydrogen (secondary N) is 2. The average Bonchev–Trinajstić information content (AvgIpc) is 3.39. The molecule has 3 heterocycles. The third-order valence-electron chi connectivity index (χ3n) is 6.45. The van der Waals surface area contributed by atoms with Gasteiger partial charge in [0.15, 0.2) is 5.13 Å². The monoisotopic (exact) mass is 482 g/mol. The van der Waals surface area contributed by atoms with Crippen molar-refractivity contribution in [2.45, 2.75) is 32.2 Å². The molecule has 3 aromatic heterocycles. The van der Waals surface area contributed by atoms with Crippen molar-refractivity contribution in [2.24, 2.45) is 0 Å². The lowest BCUT2D eigenvalue weighted by atomic mass is 9.92. The molecule has 2 N–H and O–H groups in total. The molecule has 176 valence electrons. The molecule has 1 saturated carbocycles. The molecule has 7 nitrogen and oxygen atoms in total. The van der Waals surface area contributed by atoms with E-state index in [1.807, 2.05) is 20.0 Å². The molecular formula is C27H26N6OS. The Hall–Kier alpha value is -3.91. The number of anilines is 3. The normalized spacial score (nSPS) is 13.5. The number of aromatic nitrogens is 4. The van der Waals surface area contributed by atoms with Crippen LogP contribution in [0.4, 0.5) is 16.5 Å². The number of rotatable bonds is 7. The fraction of sp³-hybridized carbons (Fsp3) is 0.222. The predicted octanol–water partition coefficient (Wildman–Crippen LogP) is 7.17. The van der Waals surface area contributed by atoms with E-state index < -0.39 is 0 Å². The summed E-state index contributed by atoms with van der Waals surface area (Å²) < 4.78 is 8.45. The lowest BCUT2D eigenvalue weighted by molar-refractivity contribution is 0.324. The van der Waals surface area contributed by atoms with Crippen LogP contribution < -0.4 is 15.4 Å². The highest BCUT2D eigenvalue weighted by Crippen LogP contribution is 2.46. The molecule has 0 aliphatic heterocycles. The Morgan fingerprint density at radius 2 is 1.86 bits per heavy atom. The molecule has 0 spiro atoms. The summed E-state index contributed by atoms with van der Waals surface area (Å²) in [6.45, 7) is 2.01.